The Kier molecular flexibility index (Phi) is 4.23. The van der Waals surface area contributed by atoms with Crippen molar-refractivity contribution < 1.29 is 4.79 Å². The van der Waals surface area contributed by atoms with E-state index in [0.29, 0.717) is 10.7 Å². The third-order valence-electron chi connectivity index (χ3n) is 2.78. The summed E-state index contributed by atoms with van der Waals surface area (Å²) in [5, 5.41) is 0.838. The maximum absolute atomic E-state index is 12.2. The average Bonchev–Trinajstić information content (AvgIpc) is 2.39. The molecule has 1 amide bonds. The van der Waals surface area contributed by atoms with Crippen molar-refractivity contribution in [1.82, 2.24) is 14.9 Å². The molecule has 2 heterocycles. The molecule has 1 saturated heterocycles. The van der Waals surface area contributed by atoms with Crippen molar-refractivity contribution in [2.45, 2.75) is 24.4 Å². The molecule has 2 rings (SSSR count). The molecule has 0 aromatic carbocycles. The Labute approximate surface area is 110 Å². The molecule has 17 heavy (non-hydrogen) atoms. The van der Waals surface area contributed by atoms with E-state index in [-0.39, 0.29) is 11.1 Å². The molecule has 0 bridgehead atoms. The van der Waals surface area contributed by atoms with Gasteiger partial charge in [-0.15, -0.1) is 0 Å². The fourth-order valence-electron chi connectivity index (χ4n) is 1.86. The summed E-state index contributed by atoms with van der Waals surface area (Å²) in [6, 6.07) is 0. The van der Waals surface area contributed by atoms with E-state index in [1.165, 1.54) is 24.4 Å². The summed E-state index contributed by atoms with van der Waals surface area (Å²) in [7, 11) is 0. The van der Waals surface area contributed by atoms with Crippen LogP contribution in [0.3, 0.4) is 0 Å². The maximum atomic E-state index is 12.2. The maximum Gasteiger partial charge on any atom is 0.258 e. The van der Waals surface area contributed by atoms with Crippen LogP contribution in [-0.2, 0) is 0 Å². The molecule has 1 aliphatic rings. The first-order chi connectivity index (χ1) is 8.22. The Hall–Kier alpha value is -0.810. The minimum atomic E-state index is -0.0534. The molecule has 0 N–H and O–H groups in total. The number of rotatable bonds is 2. The number of likely N-dealkylation sites (tertiary alicyclic amines) is 1. The van der Waals surface area contributed by atoms with E-state index in [1.54, 1.807) is 0 Å². The lowest BCUT2D eigenvalue weighted by atomic mass is 10.1. The first kappa shape index (κ1) is 12.6. The summed E-state index contributed by atoms with van der Waals surface area (Å²) in [6.07, 6.45) is 6.72. The van der Waals surface area contributed by atoms with Gasteiger partial charge in [0.15, 0.2) is 5.16 Å². The van der Waals surface area contributed by atoms with Gasteiger partial charge in [0.2, 0.25) is 0 Å². The molecule has 1 aromatic heterocycles. The second kappa shape index (κ2) is 5.69. The van der Waals surface area contributed by atoms with Crippen LogP contribution in [0, 0.1) is 0 Å². The van der Waals surface area contributed by atoms with Crippen molar-refractivity contribution in [1.29, 1.82) is 0 Å². The van der Waals surface area contributed by atoms with Gasteiger partial charge in [-0.05, 0) is 25.5 Å². The van der Waals surface area contributed by atoms with Crippen LogP contribution >= 0.6 is 23.4 Å². The van der Waals surface area contributed by atoms with Crippen molar-refractivity contribution in [2.75, 3.05) is 19.3 Å². The molecule has 0 radical (unpaired) electrons. The highest BCUT2D eigenvalue weighted by atomic mass is 35.5. The van der Waals surface area contributed by atoms with Crippen molar-refractivity contribution >= 4 is 29.3 Å². The normalized spacial score (nSPS) is 16.0. The molecule has 92 valence electrons. The van der Waals surface area contributed by atoms with Gasteiger partial charge < -0.3 is 4.90 Å². The van der Waals surface area contributed by atoms with Gasteiger partial charge in [-0.25, -0.2) is 9.97 Å². The first-order valence-electron chi connectivity index (χ1n) is 5.58. The fraction of sp³-hybridized carbons (Fsp3) is 0.545. The first-order valence-corrected chi connectivity index (χ1v) is 7.18. The van der Waals surface area contributed by atoms with Gasteiger partial charge in [0.05, 0.1) is 5.56 Å². The van der Waals surface area contributed by atoms with Gasteiger partial charge in [0.1, 0.15) is 5.15 Å². The van der Waals surface area contributed by atoms with E-state index in [4.69, 9.17) is 11.6 Å². The number of nitrogens with zero attached hydrogens (tertiary/aromatic N) is 3. The molecule has 0 saturated carbocycles. The predicted molar refractivity (Wildman–Crippen MR) is 68.6 cm³/mol. The van der Waals surface area contributed by atoms with Gasteiger partial charge in [0, 0.05) is 19.3 Å². The van der Waals surface area contributed by atoms with Crippen LogP contribution in [0.4, 0.5) is 0 Å². The zero-order chi connectivity index (χ0) is 12.3. The Morgan fingerprint density at radius 2 is 2.12 bits per heavy atom. The quantitative estimate of drug-likeness (QED) is 0.471. The second-order valence-corrected chi connectivity index (χ2v) is 5.05. The highest BCUT2D eigenvalue weighted by molar-refractivity contribution is 7.98. The molecule has 0 spiro atoms. The van der Waals surface area contributed by atoms with E-state index in [0.717, 1.165) is 25.9 Å². The summed E-state index contributed by atoms with van der Waals surface area (Å²) in [5.74, 6) is -0.0534. The van der Waals surface area contributed by atoms with E-state index >= 15 is 0 Å². The van der Waals surface area contributed by atoms with E-state index in [1.807, 2.05) is 11.2 Å². The van der Waals surface area contributed by atoms with Crippen LogP contribution in [0.5, 0.6) is 0 Å². The van der Waals surface area contributed by atoms with Crippen molar-refractivity contribution in [3.63, 3.8) is 0 Å². The standard InChI is InChI=1S/C11H14ClN3OS/c1-17-11-13-7-8(9(12)14-11)10(16)15-5-3-2-4-6-15/h7H,2-6H2,1H3. The summed E-state index contributed by atoms with van der Waals surface area (Å²) >= 11 is 7.42. The van der Waals surface area contributed by atoms with Crippen molar-refractivity contribution in [3.8, 4) is 0 Å². The third-order valence-corrected chi connectivity index (χ3v) is 3.63. The van der Waals surface area contributed by atoms with Crippen molar-refractivity contribution in [3.05, 3.63) is 16.9 Å². The predicted octanol–water partition coefficient (Wildman–Crippen LogP) is 2.48. The Morgan fingerprint density at radius 1 is 1.41 bits per heavy atom. The number of aromatic nitrogens is 2. The lowest BCUT2D eigenvalue weighted by molar-refractivity contribution is 0.0723. The lowest BCUT2D eigenvalue weighted by Crippen LogP contribution is -2.35. The number of hydrogen-bond donors (Lipinski definition) is 0. The zero-order valence-corrected chi connectivity index (χ0v) is 11.2. The van der Waals surface area contributed by atoms with E-state index in [9.17, 15) is 4.79 Å². The minimum Gasteiger partial charge on any atom is -0.339 e. The van der Waals surface area contributed by atoms with Crippen LogP contribution in [0.15, 0.2) is 11.4 Å². The smallest absolute Gasteiger partial charge is 0.258 e. The molecule has 1 fully saturated rings. The van der Waals surface area contributed by atoms with Crippen LogP contribution < -0.4 is 0 Å². The van der Waals surface area contributed by atoms with Crippen LogP contribution in [-0.4, -0.2) is 40.1 Å². The number of carbonyl (C=O) groups excluding carboxylic acids is 1. The largest absolute Gasteiger partial charge is 0.339 e. The second-order valence-electron chi connectivity index (χ2n) is 3.91. The monoisotopic (exact) mass is 271 g/mol. The van der Waals surface area contributed by atoms with Crippen LogP contribution in [0.1, 0.15) is 29.6 Å². The number of carbonyl (C=O) groups is 1. The average molecular weight is 272 g/mol. The molecule has 0 unspecified atom stereocenters. The number of piperidine rings is 1. The van der Waals surface area contributed by atoms with Crippen molar-refractivity contribution in [2.24, 2.45) is 0 Å². The topological polar surface area (TPSA) is 46.1 Å². The zero-order valence-electron chi connectivity index (χ0n) is 9.65. The SMILES string of the molecule is CSc1ncc(C(=O)N2CCCCC2)c(Cl)n1. The molecular formula is C11H14ClN3OS. The number of amides is 1. The molecule has 1 aliphatic heterocycles. The molecule has 0 aliphatic carbocycles. The Balaban J connectivity index is 2.18. The molecule has 0 atom stereocenters. The molecule has 6 heteroatoms. The van der Waals surface area contributed by atoms with Crippen LogP contribution in [0.25, 0.3) is 0 Å². The van der Waals surface area contributed by atoms with Gasteiger partial charge in [-0.1, -0.05) is 23.4 Å². The number of halogens is 1. The third kappa shape index (κ3) is 2.90. The molecule has 4 nitrogen and oxygen atoms in total. The van der Waals surface area contributed by atoms with Gasteiger partial charge in [0.25, 0.3) is 5.91 Å². The van der Waals surface area contributed by atoms with Gasteiger partial charge in [-0.2, -0.15) is 0 Å². The fourth-order valence-corrected chi connectivity index (χ4v) is 2.46. The lowest BCUT2D eigenvalue weighted by Gasteiger charge is -2.26. The summed E-state index contributed by atoms with van der Waals surface area (Å²) in [6.45, 7) is 1.61. The Morgan fingerprint density at radius 3 is 2.71 bits per heavy atom. The van der Waals surface area contributed by atoms with Gasteiger partial charge >= 0.3 is 0 Å². The number of hydrogen-bond acceptors (Lipinski definition) is 4. The van der Waals surface area contributed by atoms with E-state index in [2.05, 4.69) is 9.97 Å². The Bertz CT molecular complexity index is 421. The van der Waals surface area contributed by atoms with Crippen LogP contribution in [0.2, 0.25) is 5.15 Å². The highest BCUT2D eigenvalue weighted by Crippen LogP contribution is 2.20. The summed E-state index contributed by atoms with van der Waals surface area (Å²) in [4.78, 5) is 22.2. The summed E-state index contributed by atoms with van der Waals surface area (Å²) in [5.41, 5.74) is 0.409. The number of thioether (sulfide) groups is 1. The molecular weight excluding hydrogens is 258 g/mol. The van der Waals surface area contributed by atoms with E-state index < -0.39 is 0 Å². The highest BCUT2D eigenvalue weighted by Gasteiger charge is 2.21. The molecule has 1 aromatic rings. The summed E-state index contributed by atoms with van der Waals surface area (Å²) < 4.78 is 0. The minimum absolute atomic E-state index is 0.0534. The van der Waals surface area contributed by atoms with Gasteiger partial charge in [-0.3, -0.25) is 4.79 Å².